The molecule has 1 aliphatic rings. The van der Waals surface area contributed by atoms with Crippen molar-refractivity contribution in [3.05, 3.63) is 41.1 Å². The Morgan fingerprint density at radius 3 is 2.69 bits per heavy atom. The summed E-state index contributed by atoms with van der Waals surface area (Å²) in [7, 11) is 0. The van der Waals surface area contributed by atoms with Gasteiger partial charge < -0.3 is 10.1 Å². The van der Waals surface area contributed by atoms with Gasteiger partial charge in [0.15, 0.2) is 6.61 Å². The number of rotatable bonds is 5. The minimum absolute atomic E-state index is 0.168. The number of benzene rings is 1. The molecule has 0 spiro atoms. The Morgan fingerprint density at radius 2 is 2.04 bits per heavy atom. The SMILES string of the molecule is Cc1nc2ccccc2c(C)c1C(=O)OCC(=O)N[C@@](C)(C#N)C1CC1. The summed E-state index contributed by atoms with van der Waals surface area (Å²) in [5, 5.41) is 12.8. The van der Waals surface area contributed by atoms with E-state index in [1.54, 1.807) is 13.8 Å². The first-order chi connectivity index (χ1) is 12.4. The molecule has 26 heavy (non-hydrogen) atoms. The van der Waals surface area contributed by atoms with Crippen LogP contribution in [0.2, 0.25) is 0 Å². The Kier molecular flexibility index (Phi) is 4.64. The number of fused-ring (bicyclic) bond motifs is 1. The summed E-state index contributed by atoms with van der Waals surface area (Å²) in [4.78, 5) is 29.1. The van der Waals surface area contributed by atoms with Crippen LogP contribution >= 0.6 is 0 Å². The molecular formula is C20H21N3O3. The van der Waals surface area contributed by atoms with Crippen molar-refractivity contribution in [3.8, 4) is 6.07 Å². The molecule has 1 aromatic heterocycles. The second-order valence-corrected chi connectivity index (χ2v) is 6.93. The number of carbonyl (C=O) groups is 2. The third-order valence-corrected chi connectivity index (χ3v) is 4.90. The normalized spacial score (nSPS) is 15.8. The molecule has 1 aliphatic carbocycles. The molecule has 0 saturated heterocycles. The number of nitriles is 1. The maximum absolute atomic E-state index is 12.5. The zero-order chi connectivity index (χ0) is 18.9. The largest absolute Gasteiger partial charge is 0.452 e. The first-order valence-corrected chi connectivity index (χ1v) is 8.61. The van der Waals surface area contributed by atoms with Crippen LogP contribution in [0.1, 0.15) is 41.4 Å². The molecule has 2 aromatic rings. The Morgan fingerprint density at radius 1 is 1.35 bits per heavy atom. The summed E-state index contributed by atoms with van der Waals surface area (Å²) in [6, 6.07) is 9.71. The molecule has 6 heteroatoms. The molecule has 1 saturated carbocycles. The van der Waals surface area contributed by atoms with Gasteiger partial charge in [0, 0.05) is 5.39 Å². The van der Waals surface area contributed by atoms with E-state index >= 15 is 0 Å². The van der Waals surface area contributed by atoms with Gasteiger partial charge in [-0.25, -0.2) is 4.79 Å². The van der Waals surface area contributed by atoms with Gasteiger partial charge in [-0.05, 0) is 51.2 Å². The second kappa shape index (κ2) is 6.75. The predicted octanol–water partition coefficient (Wildman–Crippen LogP) is 2.82. The van der Waals surface area contributed by atoms with Gasteiger partial charge in [0.05, 0.1) is 22.8 Å². The van der Waals surface area contributed by atoms with E-state index in [1.165, 1.54) is 0 Å². The predicted molar refractivity (Wildman–Crippen MR) is 96.4 cm³/mol. The molecule has 3 rings (SSSR count). The molecule has 1 fully saturated rings. The highest BCUT2D eigenvalue weighted by Gasteiger charge is 2.43. The van der Waals surface area contributed by atoms with E-state index in [0.29, 0.717) is 11.3 Å². The number of para-hydroxylation sites is 1. The molecule has 0 aliphatic heterocycles. The number of aryl methyl sites for hydroxylation is 2. The third kappa shape index (κ3) is 3.38. The van der Waals surface area contributed by atoms with Crippen LogP contribution in [0.15, 0.2) is 24.3 Å². The number of nitrogens with one attached hydrogen (secondary N) is 1. The average molecular weight is 351 g/mol. The van der Waals surface area contributed by atoms with Gasteiger partial charge in [0.2, 0.25) is 0 Å². The van der Waals surface area contributed by atoms with Gasteiger partial charge in [0.1, 0.15) is 5.54 Å². The molecule has 6 nitrogen and oxygen atoms in total. The lowest BCUT2D eigenvalue weighted by molar-refractivity contribution is -0.125. The van der Waals surface area contributed by atoms with Gasteiger partial charge in [0.25, 0.3) is 5.91 Å². The molecule has 0 unspecified atom stereocenters. The Bertz CT molecular complexity index is 928. The van der Waals surface area contributed by atoms with E-state index in [4.69, 9.17) is 4.74 Å². The van der Waals surface area contributed by atoms with Gasteiger partial charge in [-0.1, -0.05) is 18.2 Å². The van der Waals surface area contributed by atoms with Crippen molar-refractivity contribution in [2.45, 2.75) is 39.2 Å². The van der Waals surface area contributed by atoms with Crippen LogP contribution in [-0.2, 0) is 9.53 Å². The standard InChI is InChI=1S/C20H21N3O3/c1-12-15-6-4-5-7-16(15)22-13(2)18(12)19(25)26-10-17(24)23-20(3,11-21)14-8-9-14/h4-7,14H,8-10H2,1-3H3,(H,23,24)/t20-/m0/s1. The van der Waals surface area contributed by atoms with Crippen LogP contribution < -0.4 is 5.32 Å². The van der Waals surface area contributed by atoms with Crippen molar-refractivity contribution in [1.82, 2.24) is 10.3 Å². The highest BCUT2D eigenvalue weighted by atomic mass is 16.5. The molecular weight excluding hydrogens is 330 g/mol. The zero-order valence-electron chi connectivity index (χ0n) is 15.1. The smallest absolute Gasteiger partial charge is 0.340 e. The second-order valence-electron chi connectivity index (χ2n) is 6.93. The Hall–Kier alpha value is -2.94. The monoisotopic (exact) mass is 351 g/mol. The number of hydrogen-bond acceptors (Lipinski definition) is 5. The van der Waals surface area contributed by atoms with Crippen molar-refractivity contribution < 1.29 is 14.3 Å². The number of esters is 1. The minimum atomic E-state index is -0.903. The molecule has 1 N–H and O–H groups in total. The highest BCUT2D eigenvalue weighted by Crippen LogP contribution is 2.39. The molecule has 1 atom stereocenters. The summed E-state index contributed by atoms with van der Waals surface area (Å²) < 4.78 is 5.19. The zero-order valence-corrected chi connectivity index (χ0v) is 15.1. The van der Waals surface area contributed by atoms with Crippen LogP contribution in [0.3, 0.4) is 0 Å². The fourth-order valence-corrected chi connectivity index (χ4v) is 3.24. The van der Waals surface area contributed by atoms with Crippen LogP contribution in [0.4, 0.5) is 0 Å². The Labute approximate surface area is 152 Å². The van der Waals surface area contributed by atoms with Gasteiger partial charge >= 0.3 is 5.97 Å². The Balaban J connectivity index is 1.72. The van der Waals surface area contributed by atoms with E-state index in [9.17, 15) is 14.9 Å². The lowest BCUT2D eigenvalue weighted by Gasteiger charge is -2.22. The topological polar surface area (TPSA) is 92.1 Å². The van der Waals surface area contributed by atoms with Crippen LogP contribution in [0, 0.1) is 31.1 Å². The quantitative estimate of drug-likeness (QED) is 0.836. The first-order valence-electron chi connectivity index (χ1n) is 8.61. The molecule has 134 valence electrons. The highest BCUT2D eigenvalue weighted by molar-refractivity contribution is 5.99. The van der Waals surface area contributed by atoms with Crippen molar-refractivity contribution in [2.75, 3.05) is 6.61 Å². The summed E-state index contributed by atoms with van der Waals surface area (Å²) in [5.41, 5.74) is 1.62. The average Bonchev–Trinajstić information content (AvgIpc) is 3.45. The summed E-state index contributed by atoms with van der Waals surface area (Å²) in [5.74, 6) is -0.891. The minimum Gasteiger partial charge on any atom is -0.452 e. The van der Waals surface area contributed by atoms with E-state index in [-0.39, 0.29) is 5.92 Å². The van der Waals surface area contributed by atoms with Crippen molar-refractivity contribution in [1.29, 1.82) is 5.26 Å². The maximum Gasteiger partial charge on any atom is 0.340 e. The number of nitrogens with zero attached hydrogens (tertiary/aromatic N) is 2. The molecule has 0 radical (unpaired) electrons. The number of carbonyl (C=O) groups excluding carboxylic acids is 2. The van der Waals surface area contributed by atoms with Crippen LogP contribution in [-0.4, -0.2) is 29.0 Å². The molecule has 0 bridgehead atoms. The van der Waals surface area contributed by atoms with Crippen molar-refractivity contribution in [3.63, 3.8) is 0 Å². The van der Waals surface area contributed by atoms with E-state index in [0.717, 1.165) is 29.3 Å². The number of hydrogen-bond donors (Lipinski definition) is 1. The number of pyridine rings is 1. The molecule has 1 heterocycles. The fourth-order valence-electron chi connectivity index (χ4n) is 3.24. The number of amides is 1. The van der Waals surface area contributed by atoms with Crippen molar-refractivity contribution >= 4 is 22.8 Å². The molecule has 1 amide bonds. The van der Waals surface area contributed by atoms with Gasteiger partial charge in [-0.3, -0.25) is 9.78 Å². The molecule has 1 aromatic carbocycles. The maximum atomic E-state index is 12.5. The van der Waals surface area contributed by atoms with Crippen LogP contribution in [0.5, 0.6) is 0 Å². The lowest BCUT2D eigenvalue weighted by atomic mass is 9.98. The van der Waals surface area contributed by atoms with Gasteiger partial charge in [-0.2, -0.15) is 5.26 Å². The van der Waals surface area contributed by atoms with Crippen LogP contribution in [0.25, 0.3) is 10.9 Å². The number of ether oxygens (including phenoxy) is 1. The first kappa shape index (κ1) is 17.9. The third-order valence-electron chi connectivity index (χ3n) is 4.90. The van der Waals surface area contributed by atoms with Gasteiger partial charge in [-0.15, -0.1) is 0 Å². The summed E-state index contributed by atoms with van der Waals surface area (Å²) >= 11 is 0. The van der Waals surface area contributed by atoms with Crippen molar-refractivity contribution in [2.24, 2.45) is 5.92 Å². The number of aromatic nitrogens is 1. The summed E-state index contributed by atoms with van der Waals surface area (Å²) in [6.07, 6.45) is 1.84. The van der Waals surface area contributed by atoms with E-state index < -0.39 is 24.0 Å². The fraction of sp³-hybridized carbons (Fsp3) is 0.400. The van der Waals surface area contributed by atoms with E-state index in [1.807, 2.05) is 31.2 Å². The van der Waals surface area contributed by atoms with E-state index in [2.05, 4.69) is 16.4 Å². The summed E-state index contributed by atoms with van der Waals surface area (Å²) in [6.45, 7) is 4.87. The lowest BCUT2D eigenvalue weighted by Crippen LogP contribution is -2.48.